The number of sulfonamides is 1. The fourth-order valence-corrected chi connectivity index (χ4v) is 6.82. The number of aliphatic hydroxyl groups is 1. The molecule has 4 aromatic heterocycles. The van der Waals surface area contributed by atoms with Gasteiger partial charge in [-0.1, -0.05) is 11.6 Å². The highest BCUT2D eigenvalue weighted by Gasteiger charge is 2.51. The Kier molecular flexibility index (Phi) is 6.63. The van der Waals surface area contributed by atoms with E-state index in [4.69, 9.17) is 17.3 Å². The molecule has 1 aliphatic carbocycles. The van der Waals surface area contributed by atoms with Crippen molar-refractivity contribution >= 4 is 48.9 Å². The molecule has 5 rings (SSSR count). The first-order valence-corrected chi connectivity index (χ1v) is 14.1. The van der Waals surface area contributed by atoms with Crippen LogP contribution >= 0.6 is 22.9 Å². The Morgan fingerprint density at radius 3 is 2.58 bits per heavy atom. The molecule has 8 nitrogen and oxygen atoms in total. The van der Waals surface area contributed by atoms with Crippen molar-refractivity contribution in [1.82, 2.24) is 19.7 Å². The number of aromatic nitrogens is 3. The lowest BCUT2D eigenvalue weighted by atomic mass is 9.95. The highest BCUT2D eigenvalue weighted by molar-refractivity contribution is 7.90. The lowest BCUT2D eigenvalue weighted by Gasteiger charge is -2.26. The maximum absolute atomic E-state index is 13.5. The summed E-state index contributed by atoms with van der Waals surface area (Å²) in [6.45, 7) is 0.669. The summed E-state index contributed by atoms with van der Waals surface area (Å²) < 4.78 is 69.5. The number of hydrogen-bond acceptors (Lipinski definition) is 8. The zero-order valence-corrected chi connectivity index (χ0v) is 22.1. The molecule has 4 aromatic rings. The van der Waals surface area contributed by atoms with E-state index in [1.54, 1.807) is 11.4 Å². The molecular formula is C24H21ClF3N5O3S2. The number of halogens is 4. The number of nitrogens with two attached hydrogens (primary N) is 1. The SMILES string of the molecule is C[C@@](O)(c1ccnc(-c2nccc3c([C@H](NS(=O)(=O)C4CC4)c4nc(N)ccc4Cl)csc23)c1)C(F)(F)F. The third kappa shape index (κ3) is 4.84. The molecule has 2 atom stereocenters. The lowest BCUT2D eigenvalue weighted by molar-refractivity contribution is -0.258. The molecule has 4 heterocycles. The maximum atomic E-state index is 13.5. The van der Waals surface area contributed by atoms with Crippen molar-refractivity contribution in [2.24, 2.45) is 0 Å². The van der Waals surface area contributed by atoms with Crippen LogP contribution in [0.2, 0.25) is 5.02 Å². The second kappa shape index (κ2) is 9.42. The maximum Gasteiger partial charge on any atom is 0.421 e. The molecule has 0 aromatic carbocycles. The molecule has 0 bridgehead atoms. The predicted octanol–water partition coefficient (Wildman–Crippen LogP) is 4.93. The number of thiophene rings is 1. The Morgan fingerprint density at radius 1 is 1.18 bits per heavy atom. The minimum atomic E-state index is -4.91. The average molecular weight is 584 g/mol. The molecule has 0 saturated heterocycles. The van der Waals surface area contributed by atoms with E-state index in [9.17, 15) is 26.7 Å². The van der Waals surface area contributed by atoms with Crippen molar-refractivity contribution < 1.29 is 26.7 Å². The second-order valence-corrected chi connectivity index (χ2v) is 12.4. The third-order valence-electron chi connectivity index (χ3n) is 6.36. The number of fused-ring (bicyclic) bond motifs is 1. The van der Waals surface area contributed by atoms with Crippen molar-refractivity contribution in [3.05, 3.63) is 69.9 Å². The topological polar surface area (TPSA) is 131 Å². The van der Waals surface area contributed by atoms with Crippen molar-refractivity contribution in [2.45, 2.75) is 42.8 Å². The Hall–Kier alpha value is -2.84. The summed E-state index contributed by atoms with van der Waals surface area (Å²) in [7, 11) is -3.70. The number of anilines is 1. The number of nitrogen functional groups attached to an aromatic ring is 1. The summed E-state index contributed by atoms with van der Waals surface area (Å²) in [5.41, 5.74) is 3.52. The highest BCUT2D eigenvalue weighted by Crippen LogP contribution is 2.42. The first-order valence-electron chi connectivity index (χ1n) is 11.3. The molecule has 14 heteroatoms. The summed E-state index contributed by atoms with van der Waals surface area (Å²) >= 11 is 7.63. The van der Waals surface area contributed by atoms with Gasteiger partial charge < -0.3 is 10.8 Å². The molecule has 1 fully saturated rings. The van der Waals surface area contributed by atoms with E-state index in [2.05, 4.69) is 19.7 Å². The van der Waals surface area contributed by atoms with Crippen LogP contribution in [0.15, 0.2) is 48.1 Å². The van der Waals surface area contributed by atoms with Crippen LogP contribution in [0.5, 0.6) is 0 Å². The Labute approximate surface area is 224 Å². The lowest BCUT2D eigenvalue weighted by Crippen LogP contribution is -2.39. The molecule has 0 aliphatic heterocycles. The second-order valence-electron chi connectivity index (χ2n) is 9.13. The highest BCUT2D eigenvalue weighted by atomic mass is 35.5. The molecule has 1 saturated carbocycles. The molecule has 38 heavy (non-hydrogen) atoms. The normalized spacial score (nSPS) is 16.9. The molecule has 0 unspecified atom stereocenters. The van der Waals surface area contributed by atoms with Gasteiger partial charge in [0.05, 0.1) is 32.4 Å². The van der Waals surface area contributed by atoms with Crippen LogP contribution in [0.1, 0.15) is 42.6 Å². The van der Waals surface area contributed by atoms with Gasteiger partial charge in [-0.3, -0.25) is 9.97 Å². The zero-order valence-electron chi connectivity index (χ0n) is 19.7. The van der Waals surface area contributed by atoms with E-state index < -0.39 is 38.7 Å². The molecule has 0 radical (unpaired) electrons. The van der Waals surface area contributed by atoms with Gasteiger partial charge in [-0.15, -0.1) is 11.3 Å². The van der Waals surface area contributed by atoms with E-state index in [1.807, 2.05) is 0 Å². The first-order chi connectivity index (χ1) is 17.8. The van der Waals surface area contributed by atoms with Crippen LogP contribution < -0.4 is 10.5 Å². The molecule has 0 spiro atoms. The number of pyridine rings is 3. The van der Waals surface area contributed by atoms with Gasteiger partial charge in [0.25, 0.3) is 0 Å². The predicted molar refractivity (Wildman–Crippen MR) is 139 cm³/mol. The Morgan fingerprint density at radius 2 is 1.89 bits per heavy atom. The van der Waals surface area contributed by atoms with Crippen LogP contribution in [0.3, 0.4) is 0 Å². The van der Waals surface area contributed by atoms with Crippen molar-refractivity contribution in [1.29, 1.82) is 0 Å². The van der Waals surface area contributed by atoms with Gasteiger partial charge in [0.1, 0.15) is 11.5 Å². The van der Waals surface area contributed by atoms with Crippen molar-refractivity contribution in [3.8, 4) is 11.4 Å². The van der Waals surface area contributed by atoms with Crippen LogP contribution in [-0.2, 0) is 15.6 Å². The van der Waals surface area contributed by atoms with E-state index in [-0.39, 0.29) is 27.9 Å². The monoisotopic (exact) mass is 583 g/mol. The van der Waals surface area contributed by atoms with Gasteiger partial charge in [0.15, 0.2) is 5.60 Å². The summed E-state index contributed by atoms with van der Waals surface area (Å²) in [4.78, 5) is 12.8. The standard InChI is InChI=1S/C24H21ClF3N5O3S2/c1-23(34,24(26,27)28)12-6-8-30-17(10-12)21-22-14(7-9-31-21)15(11-37-22)19(33-38(35,36)13-2-3-13)20-16(25)4-5-18(29)32-20/h4-11,13,19,33-34H,2-3H2,1H3,(H2,29,32)/t19-,23+/m0/s1. The number of nitrogens with one attached hydrogen (secondary N) is 1. The van der Waals surface area contributed by atoms with Crippen molar-refractivity contribution in [3.63, 3.8) is 0 Å². The third-order valence-corrected chi connectivity index (χ3v) is 9.61. The Bertz CT molecular complexity index is 1640. The Balaban J connectivity index is 1.65. The van der Waals surface area contributed by atoms with E-state index >= 15 is 0 Å². The van der Waals surface area contributed by atoms with Crippen molar-refractivity contribution in [2.75, 3.05) is 5.73 Å². The van der Waals surface area contributed by atoms with Gasteiger partial charge in [0, 0.05) is 17.8 Å². The fourth-order valence-electron chi connectivity index (χ4n) is 3.99. The zero-order chi connectivity index (χ0) is 27.5. The van der Waals surface area contributed by atoms with E-state index in [0.29, 0.717) is 35.4 Å². The summed E-state index contributed by atoms with van der Waals surface area (Å²) in [5.74, 6) is 0.152. The summed E-state index contributed by atoms with van der Waals surface area (Å²) in [5, 5.41) is 12.1. The van der Waals surface area contributed by atoms with Gasteiger partial charge in [-0.25, -0.2) is 18.1 Å². The molecule has 0 amide bonds. The van der Waals surface area contributed by atoms with Gasteiger partial charge in [-0.2, -0.15) is 13.2 Å². The summed E-state index contributed by atoms with van der Waals surface area (Å²) in [6, 6.07) is 5.94. The van der Waals surface area contributed by atoms with Crippen LogP contribution in [0.4, 0.5) is 19.0 Å². The van der Waals surface area contributed by atoms with Gasteiger partial charge in [-0.05, 0) is 66.6 Å². The summed E-state index contributed by atoms with van der Waals surface area (Å²) in [6.07, 6.45) is -1.20. The van der Waals surface area contributed by atoms with E-state index in [1.165, 1.54) is 35.9 Å². The number of alkyl halides is 3. The largest absolute Gasteiger partial charge is 0.421 e. The smallest absolute Gasteiger partial charge is 0.384 e. The fraction of sp³-hybridized carbons (Fsp3) is 0.292. The molecular weight excluding hydrogens is 563 g/mol. The molecule has 200 valence electrons. The number of rotatable bonds is 7. The van der Waals surface area contributed by atoms with E-state index in [0.717, 1.165) is 12.1 Å². The van der Waals surface area contributed by atoms with Crippen LogP contribution in [-0.4, -0.2) is 39.9 Å². The number of hydrogen-bond donors (Lipinski definition) is 3. The van der Waals surface area contributed by atoms with Crippen LogP contribution in [0.25, 0.3) is 21.5 Å². The quantitative estimate of drug-likeness (QED) is 0.281. The number of nitrogens with zero attached hydrogens (tertiary/aromatic N) is 3. The van der Waals surface area contributed by atoms with Crippen LogP contribution in [0, 0.1) is 0 Å². The molecule has 1 aliphatic rings. The van der Waals surface area contributed by atoms with Gasteiger partial charge in [0.2, 0.25) is 10.0 Å². The first kappa shape index (κ1) is 26.8. The minimum absolute atomic E-state index is 0.112. The average Bonchev–Trinajstić information content (AvgIpc) is 3.64. The molecule has 4 N–H and O–H groups in total. The minimum Gasteiger partial charge on any atom is -0.384 e. The van der Waals surface area contributed by atoms with Gasteiger partial charge >= 0.3 is 6.18 Å².